The topological polar surface area (TPSA) is 18.5 Å². The summed E-state index contributed by atoms with van der Waals surface area (Å²) in [5, 5.41) is 0.767. The number of benzene rings is 1. The number of ether oxygens (including phenoxy) is 2. The van der Waals surface area contributed by atoms with E-state index in [9.17, 15) is 0 Å². The second kappa shape index (κ2) is 8.16. The van der Waals surface area contributed by atoms with Crippen LogP contribution in [-0.2, 0) is 15.1 Å². The molecule has 114 valence electrons. The monoisotopic (exact) mass is 342 g/mol. The Balaban J connectivity index is 2.67. The van der Waals surface area contributed by atoms with Gasteiger partial charge in [-0.15, -0.1) is 0 Å². The van der Waals surface area contributed by atoms with Crippen LogP contribution in [0.4, 0.5) is 0 Å². The summed E-state index contributed by atoms with van der Waals surface area (Å²) in [7, 11) is 0. The molecule has 0 aromatic heterocycles. The summed E-state index contributed by atoms with van der Waals surface area (Å²) in [4.78, 5) is 0. The zero-order valence-corrected chi connectivity index (χ0v) is 14.9. The van der Waals surface area contributed by atoms with Gasteiger partial charge in [0.2, 0.25) is 0 Å². The lowest BCUT2D eigenvalue weighted by Crippen LogP contribution is -2.29. The molecule has 0 N–H and O–H groups in total. The third-order valence-electron chi connectivity index (χ3n) is 3.40. The van der Waals surface area contributed by atoms with Crippen LogP contribution in [0.25, 0.3) is 0 Å². The van der Waals surface area contributed by atoms with Gasteiger partial charge in [-0.1, -0.05) is 54.0 Å². The first kappa shape index (κ1) is 17.7. The van der Waals surface area contributed by atoms with Crippen molar-refractivity contribution in [1.29, 1.82) is 0 Å². The molecule has 0 radical (unpaired) electrons. The van der Waals surface area contributed by atoms with Gasteiger partial charge < -0.3 is 9.47 Å². The molecule has 0 amide bonds. The van der Waals surface area contributed by atoms with Gasteiger partial charge in [0.1, 0.15) is 5.60 Å². The molecule has 1 unspecified atom stereocenters. The van der Waals surface area contributed by atoms with Crippen molar-refractivity contribution in [3.8, 4) is 0 Å². The molecule has 2 nitrogen and oxygen atoms in total. The van der Waals surface area contributed by atoms with Crippen molar-refractivity contribution in [3.05, 3.63) is 35.4 Å². The van der Waals surface area contributed by atoms with E-state index in [4.69, 9.17) is 9.47 Å². The standard InChI is InChI=1S/C17H27BrO2/c1-13(2)15-6-8-16(9-7-15)17(5,12-18)20-11-10-19-14(3)4/h6-9,13-14H,10-12H2,1-5H3. The predicted molar refractivity (Wildman–Crippen MR) is 88.7 cm³/mol. The molecule has 0 saturated heterocycles. The largest absolute Gasteiger partial charge is 0.376 e. The van der Waals surface area contributed by atoms with Gasteiger partial charge in [-0.05, 0) is 37.8 Å². The summed E-state index contributed by atoms with van der Waals surface area (Å²) in [6, 6.07) is 8.71. The first-order valence-electron chi connectivity index (χ1n) is 7.31. The van der Waals surface area contributed by atoms with Crippen molar-refractivity contribution in [1.82, 2.24) is 0 Å². The minimum Gasteiger partial charge on any atom is -0.376 e. The lowest BCUT2D eigenvalue weighted by Gasteiger charge is -2.29. The first-order valence-corrected chi connectivity index (χ1v) is 8.43. The molecule has 1 rings (SSSR count). The summed E-state index contributed by atoms with van der Waals surface area (Å²) in [5.74, 6) is 0.555. The molecule has 0 heterocycles. The second-order valence-electron chi connectivity index (χ2n) is 5.91. The van der Waals surface area contributed by atoms with Crippen LogP contribution >= 0.6 is 15.9 Å². The molecular weight excluding hydrogens is 316 g/mol. The van der Waals surface area contributed by atoms with Gasteiger partial charge in [-0.25, -0.2) is 0 Å². The maximum atomic E-state index is 6.04. The third kappa shape index (κ3) is 5.19. The number of alkyl halides is 1. The van der Waals surface area contributed by atoms with E-state index in [2.05, 4.69) is 61.0 Å². The molecule has 1 atom stereocenters. The zero-order chi connectivity index (χ0) is 15.2. The maximum Gasteiger partial charge on any atom is 0.100 e. The highest BCUT2D eigenvalue weighted by atomic mass is 79.9. The van der Waals surface area contributed by atoms with Gasteiger partial charge in [0, 0.05) is 5.33 Å². The first-order chi connectivity index (χ1) is 9.39. The normalized spacial score (nSPS) is 14.8. The highest BCUT2D eigenvalue weighted by Gasteiger charge is 2.26. The van der Waals surface area contributed by atoms with Gasteiger partial charge in [0.05, 0.1) is 19.3 Å². The van der Waals surface area contributed by atoms with Crippen molar-refractivity contribution in [2.24, 2.45) is 0 Å². The van der Waals surface area contributed by atoms with E-state index in [-0.39, 0.29) is 11.7 Å². The van der Waals surface area contributed by atoms with Crippen LogP contribution in [0.5, 0.6) is 0 Å². The molecule has 1 aromatic rings. The highest BCUT2D eigenvalue weighted by molar-refractivity contribution is 9.09. The Hall–Kier alpha value is -0.380. The van der Waals surface area contributed by atoms with Crippen LogP contribution in [0.3, 0.4) is 0 Å². The summed E-state index contributed by atoms with van der Waals surface area (Å²) in [6.07, 6.45) is 0.249. The fraction of sp³-hybridized carbons (Fsp3) is 0.647. The fourth-order valence-electron chi connectivity index (χ4n) is 1.97. The van der Waals surface area contributed by atoms with E-state index in [1.165, 1.54) is 11.1 Å². The zero-order valence-electron chi connectivity index (χ0n) is 13.3. The van der Waals surface area contributed by atoms with E-state index in [0.717, 1.165) is 5.33 Å². The van der Waals surface area contributed by atoms with Crippen LogP contribution in [0.2, 0.25) is 0 Å². The molecule has 0 aliphatic heterocycles. The lowest BCUT2D eigenvalue weighted by molar-refractivity contribution is -0.0553. The number of rotatable bonds is 8. The van der Waals surface area contributed by atoms with Crippen LogP contribution in [0, 0.1) is 0 Å². The van der Waals surface area contributed by atoms with E-state index in [0.29, 0.717) is 19.1 Å². The van der Waals surface area contributed by atoms with Crippen molar-refractivity contribution < 1.29 is 9.47 Å². The highest BCUT2D eigenvalue weighted by Crippen LogP contribution is 2.29. The SMILES string of the molecule is CC(C)OCCOC(C)(CBr)c1ccc(C(C)C)cc1. The Morgan fingerprint density at radius 2 is 1.65 bits per heavy atom. The van der Waals surface area contributed by atoms with Gasteiger partial charge in [-0.2, -0.15) is 0 Å². The lowest BCUT2D eigenvalue weighted by atomic mass is 9.94. The average Bonchev–Trinajstić information content (AvgIpc) is 2.43. The third-order valence-corrected chi connectivity index (χ3v) is 4.47. The van der Waals surface area contributed by atoms with Gasteiger partial charge in [-0.3, -0.25) is 0 Å². The van der Waals surface area contributed by atoms with Gasteiger partial charge in [0.15, 0.2) is 0 Å². The summed E-state index contributed by atoms with van der Waals surface area (Å²) >= 11 is 3.57. The van der Waals surface area contributed by atoms with E-state index >= 15 is 0 Å². The van der Waals surface area contributed by atoms with Crippen molar-refractivity contribution in [2.75, 3.05) is 18.5 Å². The molecule has 3 heteroatoms. The molecule has 0 fully saturated rings. The number of hydrogen-bond acceptors (Lipinski definition) is 2. The van der Waals surface area contributed by atoms with Gasteiger partial charge in [0.25, 0.3) is 0 Å². The molecule has 0 spiro atoms. The summed E-state index contributed by atoms with van der Waals surface area (Å²) in [5.41, 5.74) is 2.24. The van der Waals surface area contributed by atoms with Crippen LogP contribution in [-0.4, -0.2) is 24.6 Å². The molecule has 0 aliphatic rings. The Bertz CT molecular complexity index is 386. The van der Waals surface area contributed by atoms with Crippen LogP contribution in [0.1, 0.15) is 51.7 Å². The Kier molecular flexibility index (Phi) is 7.21. The average molecular weight is 343 g/mol. The molecule has 0 aliphatic carbocycles. The minimum absolute atomic E-state index is 0.249. The molecule has 0 bridgehead atoms. The van der Waals surface area contributed by atoms with E-state index < -0.39 is 0 Å². The van der Waals surface area contributed by atoms with Crippen molar-refractivity contribution in [2.45, 2.75) is 52.2 Å². The minimum atomic E-state index is -0.310. The van der Waals surface area contributed by atoms with E-state index in [1.807, 2.05) is 13.8 Å². The Morgan fingerprint density at radius 1 is 1.05 bits per heavy atom. The van der Waals surface area contributed by atoms with E-state index in [1.54, 1.807) is 0 Å². The molecule has 1 aromatic carbocycles. The van der Waals surface area contributed by atoms with Crippen LogP contribution in [0.15, 0.2) is 24.3 Å². The van der Waals surface area contributed by atoms with Gasteiger partial charge >= 0.3 is 0 Å². The fourth-order valence-corrected chi connectivity index (χ4v) is 2.46. The number of halogens is 1. The molecule has 0 saturated carbocycles. The smallest absolute Gasteiger partial charge is 0.100 e. The molecule has 20 heavy (non-hydrogen) atoms. The molecular formula is C17H27BrO2. The summed E-state index contributed by atoms with van der Waals surface area (Å²) < 4.78 is 11.6. The quantitative estimate of drug-likeness (QED) is 0.496. The Morgan fingerprint density at radius 3 is 2.10 bits per heavy atom. The number of hydrogen-bond donors (Lipinski definition) is 0. The predicted octanol–water partition coefficient (Wildman–Crippen LogP) is 4.86. The second-order valence-corrected chi connectivity index (χ2v) is 6.47. The Labute approximate surface area is 132 Å². The van der Waals surface area contributed by atoms with Crippen molar-refractivity contribution in [3.63, 3.8) is 0 Å². The van der Waals surface area contributed by atoms with Crippen molar-refractivity contribution >= 4 is 15.9 Å². The van der Waals surface area contributed by atoms with Crippen LogP contribution < -0.4 is 0 Å². The maximum absolute atomic E-state index is 6.04. The summed E-state index contributed by atoms with van der Waals surface area (Å²) in [6.45, 7) is 11.8.